The molecule has 0 spiro atoms. The van der Waals surface area contributed by atoms with Gasteiger partial charge in [-0.25, -0.2) is 13.6 Å². The van der Waals surface area contributed by atoms with Gasteiger partial charge in [-0.05, 0) is 31.5 Å². The van der Waals surface area contributed by atoms with Gasteiger partial charge in [0, 0.05) is 0 Å². The van der Waals surface area contributed by atoms with Gasteiger partial charge in [-0.15, -0.1) is 0 Å². The number of aliphatic hydroxyl groups is 1. The predicted octanol–water partition coefficient (Wildman–Crippen LogP) is 2.92. The Bertz CT molecular complexity index is 766. The molecule has 0 aliphatic rings. The maximum Gasteiger partial charge on any atom is 0.341 e. The largest absolute Gasteiger partial charge is 0.479 e. The Morgan fingerprint density at radius 2 is 1.54 bits per heavy atom. The first-order valence-corrected chi connectivity index (χ1v) is 7.16. The molecule has 2 aromatic carbocycles. The average molecular weight is 334 g/mol. The molecule has 0 aromatic heterocycles. The summed E-state index contributed by atoms with van der Waals surface area (Å²) in [6.07, 6.45) is 0. The fraction of sp³-hybridized carbons (Fsp3) is 0.222. The van der Waals surface area contributed by atoms with Gasteiger partial charge >= 0.3 is 5.97 Å². The second-order valence-electron chi connectivity index (χ2n) is 5.62. The highest BCUT2D eigenvalue weighted by molar-refractivity contribution is 5.93. The van der Waals surface area contributed by atoms with Crippen molar-refractivity contribution < 1.29 is 28.6 Å². The smallest absolute Gasteiger partial charge is 0.341 e. The van der Waals surface area contributed by atoms with Gasteiger partial charge in [0.15, 0.2) is 0 Å². The number of carboxylic acids is 1. The normalized spacial score (nSPS) is 14.7. The van der Waals surface area contributed by atoms with Gasteiger partial charge < -0.3 is 10.2 Å². The summed E-state index contributed by atoms with van der Waals surface area (Å²) in [5.74, 6) is -6.78. The van der Waals surface area contributed by atoms with E-state index in [2.05, 4.69) is 0 Å². The summed E-state index contributed by atoms with van der Waals surface area (Å²) in [4.78, 5) is 23.9. The van der Waals surface area contributed by atoms with Crippen LogP contribution >= 0.6 is 0 Å². The van der Waals surface area contributed by atoms with Crippen LogP contribution in [0.25, 0.3) is 0 Å². The van der Waals surface area contributed by atoms with E-state index in [1.165, 1.54) is 12.1 Å². The fourth-order valence-corrected chi connectivity index (χ4v) is 2.77. The second-order valence-corrected chi connectivity index (χ2v) is 5.62. The van der Waals surface area contributed by atoms with E-state index in [-0.39, 0.29) is 5.56 Å². The molecule has 6 heteroatoms. The second kappa shape index (κ2) is 6.49. The Balaban J connectivity index is 2.77. The van der Waals surface area contributed by atoms with Gasteiger partial charge in [0.05, 0.1) is 11.5 Å². The molecule has 126 valence electrons. The van der Waals surface area contributed by atoms with Crippen LogP contribution in [0.15, 0.2) is 42.5 Å². The molecule has 0 saturated heterocycles. The number of aliphatic carboxylic acids is 1. The Labute approximate surface area is 137 Å². The van der Waals surface area contributed by atoms with E-state index < -0.39 is 40.5 Å². The first kappa shape index (κ1) is 17.7. The van der Waals surface area contributed by atoms with E-state index >= 15 is 0 Å². The molecule has 24 heavy (non-hydrogen) atoms. The first-order valence-electron chi connectivity index (χ1n) is 7.16. The highest BCUT2D eigenvalue weighted by Gasteiger charge is 2.52. The number of hydrogen-bond donors (Lipinski definition) is 2. The molecule has 4 nitrogen and oxygen atoms in total. The zero-order valence-corrected chi connectivity index (χ0v) is 13.1. The zero-order valence-electron chi connectivity index (χ0n) is 13.1. The Morgan fingerprint density at radius 3 is 1.96 bits per heavy atom. The Morgan fingerprint density at radius 1 is 1.04 bits per heavy atom. The van der Waals surface area contributed by atoms with Crippen LogP contribution in [0, 0.1) is 18.6 Å². The maximum atomic E-state index is 14.1. The summed E-state index contributed by atoms with van der Waals surface area (Å²) in [7, 11) is 0. The molecule has 0 heterocycles. The van der Waals surface area contributed by atoms with Crippen LogP contribution < -0.4 is 0 Å². The molecule has 2 rings (SSSR count). The highest BCUT2D eigenvalue weighted by atomic mass is 19.1. The van der Waals surface area contributed by atoms with E-state index in [1.54, 1.807) is 19.1 Å². The van der Waals surface area contributed by atoms with Crippen molar-refractivity contribution in [3.8, 4) is 0 Å². The number of hydrogen-bond acceptors (Lipinski definition) is 3. The highest BCUT2D eigenvalue weighted by Crippen LogP contribution is 2.40. The number of carbonyl (C=O) groups is 2. The molecule has 2 unspecified atom stereocenters. The molecule has 0 saturated carbocycles. The summed E-state index contributed by atoms with van der Waals surface area (Å²) in [5.41, 5.74) is -3.13. The van der Waals surface area contributed by atoms with E-state index in [4.69, 9.17) is 0 Å². The van der Waals surface area contributed by atoms with Crippen molar-refractivity contribution in [3.05, 3.63) is 70.8 Å². The van der Waals surface area contributed by atoms with Gasteiger partial charge in [-0.1, -0.05) is 35.9 Å². The minimum Gasteiger partial charge on any atom is -0.479 e. The van der Waals surface area contributed by atoms with E-state index in [0.717, 1.165) is 30.7 Å². The van der Waals surface area contributed by atoms with Crippen molar-refractivity contribution in [1.29, 1.82) is 0 Å². The minimum atomic E-state index is -3.07. The fourth-order valence-electron chi connectivity index (χ4n) is 2.77. The van der Waals surface area contributed by atoms with Crippen LogP contribution in [0.3, 0.4) is 0 Å². The van der Waals surface area contributed by atoms with E-state index in [0.29, 0.717) is 0 Å². The lowest BCUT2D eigenvalue weighted by Crippen LogP contribution is -2.46. The van der Waals surface area contributed by atoms with Crippen LogP contribution in [-0.4, -0.2) is 22.0 Å². The van der Waals surface area contributed by atoms with Crippen LogP contribution in [0.1, 0.15) is 29.5 Å². The quantitative estimate of drug-likeness (QED) is 0.882. The molecule has 0 radical (unpaired) electrons. The first-order chi connectivity index (χ1) is 11.2. The van der Waals surface area contributed by atoms with Crippen LogP contribution in [0.4, 0.5) is 8.78 Å². The topological polar surface area (TPSA) is 74.6 Å². The number of carboxylic acid groups (broad SMARTS) is 1. The van der Waals surface area contributed by atoms with Crippen LogP contribution in [0.2, 0.25) is 0 Å². The molecular formula is C18H16F2O4. The van der Waals surface area contributed by atoms with Gasteiger partial charge in [0.25, 0.3) is 0 Å². The average Bonchev–Trinajstić information content (AvgIpc) is 2.48. The third-order valence-corrected chi connectivity index (χ3v) is 3.90. The van der Waals surface area contributed by atoms with Crippen LogP contribution in [0.5, 0.6) is 0 Å². The molecular weight excluding hydrogens is 318 g/mol. The third kappa shape index (κ3) is 2.92. The molecule has 0 bridgehead atoms. The summed E-state index contributed by atoms with van der Waals surface area (Å²) in [5, 5.41) is 20.3. The van der Waals surface area contributed by atoms with Gasteiger partial charge in [-0.2, -0.15) is 0 Å². The van der Waals surface area contributed by atoms with Crippen molar-refractivity contribution in [3.63, 3.8) is 0 Å². The Hall–Kier alpha value is -2.60. The SMILES string of the molecule is CC(=O)C(c1ccc(C)cc1)C(O)(C(=O)O)c1c(F)cccc1F. The van der Waals surface area contributed by atoms with Crippen molar-refractivity contribution >= 4 is 11.8 Å². The summed E-state index contributed by atoms with van der Waals surface area (Å²) < 4.78 is 28.3. The number of benzene rings is 2. The van der Waals surface area contributed by atoms with E-state index in [1.807, 2.05) is 0 Å². The number of Topliss-reactive ketones (excluding diaryl/α,β-unsaturated/α-hetero) is 1. The van der Waals surface area contributed by atoms with Gasteiger partial charge in [0.2, 0.25) is 5.60 Å². The number of aryl methyl sites for hydroxylation is 1. The zero-order chi connectivity index (χ0) is 18.1. The lowest BCUT2D eigenvalue weighted by Gasteiger charge is -2.32. The summed E-state index contributed by atoms with van der Waals surface area (Å²) >= 11 is 0. The molecule has 0 fully saturated rings. The lowest BCUT2D eigenvalue weighted by molar-refractivity contribution is -0.165. The molecule has 0 aliphatic heterocycles. The minimum absolute atomic E-state index is 0.153. The summed E-state index contributed by atoms with van der Waals surface area (Å²) in [6.45, 7) is 2.85. The van der Waals surface area contributed by atoms with Crippen molar-refractivity contribution in [1.82, 2.24) is 0 Å². The predicted molar refractivity (Wildman–Crippen MR) is 82.5 cm³/mol. The monoisotopic (exact) mass is 334 g/mol. The summed E-state index contributed by atoms with van der Waals surface area (Å²) in [6, 6.07) is 8.85. The number of halogens is 2. The van der Waals surface area contributed by atoms with Gasteiger partial charge in [0.1, 0.15) is 17.4 Å². The third-order valence-electron chi connectivity index (χ3n) is 3.90. The van der Waals surface area contributed by atoms with Crippen molar-refractivity contribution in [2.45, 2.75) is 25.4 Å². The molecule has 0 aliphatic carbocycles. The molecule has 2 atom stereocenters. The van der Waals surface area contributed by atoms with Crippen molar-refractivity contribution in [2.75, 3.05) is 0 Å². The lowest BCUT2D eigenvalue weighted by atomic mass is 9.74. The number of rotatable bonds is 5. The number of carbonyl (C=O) groups excluding carboxylic acids is 1. The molecule has 0 amide bonds. The van der Waals surface area contributed by atoms with Crippen molar-refractivity contribution in [2.24, 2.45) is 0 Å². The Kier molecular flexibility index (Phi) is 4.80. The van der Waals surface area contributed by atoms with E-state index in [9.17, 15) is 28.6 Å². The number of ketones is 1. The van der Waals surface area contributed by atoms with Gasteiger partial charge in [-0.3, -0.25) is 4.79 Å². The van der Waals surface area contributed by atoms with Crippen LogP contribution in [-0.2, 0) is 15.2 Å². The maximum absolute atomic E-state index is 14.1. The molecule has 2 aromatic rings. The standard InChI is InChI=1S/C18H16F2O4/c1-10-6-8-12(9-7-10)15(11(2)21)18(24,17(22)23)16-13(19)4-3-5-14(16)20/h3-9,15,24H,1-2H3,(H,22,23). The molecule has 2 N–H and O–H groups in total.